The normalized spacial score (nSPS) is 12.1. The molecule has 0 bridgehead atoms. The number of hydrogen-bond acceptors (Lipinski definition) is 1. The van der Waals surface area contributed by atoms with E-state index < -0.39 is 0 Å². The standard InChI is InChI=1S/C55H37N3/c1-3-16-40(17-4-1)57-52-25-13-10-22-46(52)48-31-28-39(34-54(48)57)45-21-9-12-24-51(45)56(42-29-27-38-33-37-15-7-8-20-44(37)50(38)35-42)43-30-32-49-47-23-11-14-26-53(47)58(55(49)36-43)41-18-5-2-6-19-41/h1-32,34-36H,33H2. The van der Waals surface area contributed by atoms with Gasteiger partial charge in [-0.1, -0.05) is 140 Å². The fourth-order valence-corrected chi connectivity index (χ4v) is 9.54. The fourth-order valence-electron chi connectivity index (χ4n) is 9.54. The van der Waals surface area contributed by atoms with Crippen LogP contribution < -0.4 is 4.90 Å². The third kappa shape index (κ3) is 5.00. The van der Waals surface area contributed by atoms with Gasteiger partial charge in [0.2, 0.25) is 0 Å². The first kappa shape index (κ1) is 32.6. The number of fused-ring (bicyclic) bond motifs is 9. The number of para-hydroxylation sites is 5. The average Bonchev–Trinajstić information content (AvgIpc) is 3.94. The maximum Gasteiger partial charge on any atom is 0.0561 e. The van der Waals surface area contributed by atoms with Gasteiger partial charge in [0.15, 0.2) is 0 Å². The summed E-state index contributed by atoms with van der Waals surface area (Å²) in [6, 6.07) is 77.8. The van der Waals surface area contributed by atoms with E-state index in [1.54, 1.807) is 0 Å². The second-order valence-corrected chi connectivity index (χ2v) is 15.3. The number of aromatic nitrogens is 2. The Labute approximate surface area is 336 Å². The Hall–Kier alpha value is -7.62. The van der Waals surface area contributed by atoms with E-state index >= 15 is 0 Å². The van der Waals surface area contributed by atoms with Gasteiger partial charge in [-0.3, -0.25) is 0 Å². The van der Waals surface area contributed by atoms with Crippen molar-refractivity contribution in [1.29, 1.82) is 0 Å². The van der Waals surface area contributed by atoms with Crippen molar-refractivity contribution in [2.45, 2.75) is 6.42 Å². The van der Waals surface area contributed by atoms with Crippen molar-refractivity contribution < 1.29 is 0 Å². The zero-order valence-electron chi connectivity index (χ0n) is 31.8. The van der Waals surface area contributed by atoms with Crippen LogP contribution in [0.3, 0.4) is 0 Å². The van der Waals surface area contributed by atoms with Gasteiger partial charge < -0.3 is 14.0 Å². The molecule has 0 saturated heterocycles. The lowest BCUT2D eigenvalue weighted by Crippen LogP contribution is -2.11. The third-order valence-corrected chi connectivity index (χ3v) is 12.1. The highest BCUT2D eigenvalue weighted by atomic mass is 15.1. The van der Waals surface area contributed by atoms with E-state index in [4.69, 9.17) is 0 Å². The lowest BCUT2D eigenvalue weighted by molar-refractivity contribution is 1.18. The van der Waals surface area contributed by atoms with Gasteiger partial charge in [0.05, 0.1) is 27.8 Å². The number of benzene rings is 9. The van der Waals surface area contributed by atoms with Gasteiger partial charge in [0.1, 0.15) is 0 Å². The molecular formula is C55H37N3. The van der Waals surface area contributed by atoms with Crippen LogP contribution in [-0.4, -0.2) is 9.13 Å². The molecule has 2 heterocycles. The first-order valence-corrected chi connectivity index (χ1v) is 20.1. The van der Waals surface area contributed by atoms with Crippen LogP contribution in [0, 0.1) is 0 Å². The van der Waals surface area contributed by atoms with Crippen molar-refractivity contribution in [3.05, 3.63) is 223 Å². The smallest absolute Gasteiger partial charge is 0.0561 e. The molecule has 0 unspecified atom stereocenters. The predicted molar refractivity (Wildman–Crippen MR) is 243 cm³/mol. The van der Waals surface area contributed by atoms with Gasteiger partial charge in [0, 0.05) is 49.9 Å². The molecule has 0 saturated carbocycles. The lowest BCUT2D eigenvalue weighted by Gasteiger charge is -2.29. The van der Waals surface area contributed by atoms with Gasteiger partial charge in [-0.05, 0) is 107 Å². The van der Waals surface area contributed by atoms with Crippen LogP contribution >= 0.6 is 0 Å². The molecule has 272 valence electrons. The zero-order chi connectivity index (χ0) is 38.2. The summed E-state index contributed by atoms with van der Waals surface area (Å²) in [5.41, 5.74) is 18.1. The van der Waals surface area contributed by atoms with E-state index in [-0.39, 0.29) is 0 Å². The molecule has 58 heavy (non-hydrogen) atoms. The molecule has 11 aromatic rings. The monoisotopic (exact) mass is 739 g/mol. The molecule has 0 fully saturated rings. The summed E-state index contributed by atoms with van der Waals surface area (Å²) in [4.78, 5) is 2.47. The summed E-state index contributed by atoms with van der Waals surface area (Å²) in [5, 5.41) is 4.98. The zero-order valence-corrected chi connectivity index (χ0v) is 31.8. The van der Waals surface area contributed by atoms with Crippen LogP contribution in [0.5, 0.6) is 0 Å². The molecule has 1 aliphatic rings. The number of rotatable bonds is 6. The molecule has 1 aliphatic carbocycles. The molecule has 2 aromatic heterocycles. The van der Waals surface area contributed by atoms with Gasteiger partial charge in [-0.15, -0.1) is 0 Å². The average molecular weight is 740 g/mol. The maximum atomic E-state index is 2.47. The Bertz CT molecular complexity index is 3370. The highest BCUT2D eigenvalue weighted by Crippen LogP contribution is 2.47. The van der Waals surface area contributed by atoms with Crippen molar-refractivity contribution in [3.8, 4) is 33.6 Å². The van der Waals surface area contributed by atoms with Gasteiger partial charge in [0.25, 0.3) is 0 Å². The molecule has 0 spiro atoms. The Morgan fingerprint density at radius 1 is 0.328 bits per heavy atom. The van der Waals surface area contributed by atoms with E-state index in [1.807, 2.05) is 0 Å². The highest BCUT2D eigenvalue weighted by Gasteiger charge is 2.24. The number of nitrogens with zero attached hydrogens (tertiary/aromatic N) is 3. The molecule has 0 N–H and O–H groups in total. The minimum Gasteiger partial charge on any atom is -0.310 e. The minimum atomic E-state index is 0.959. The third-order valence-electron chi connectivity index (χ3n) is 12.1. The predicted octanol–water partition coefficient (Wildman–Crippen LogP) is 14.6. The number of hydrogen-bond donors (Lipinski definition) is 0. The molecule has 0 aliphatic heterocycles. The summed E-state index contributed by atoms with van der Waals surface area (Å²) in [5.74, 6) is 0. The SMILES string of the molecule is c1ccc(-n2c3ccccc3c3ccc(-c4ccccc4N(c4ccc5c(c4)-c4ccccc4C5)c4ccc5c6ccccc6n(-c6ccccc6)c5c4)cc32)cc1. The van der Waals surface area contributed by atoms with Gasteiger partial charge in [-0.2, -0.15) is 0 Å². The van der Waals surface area contributed by atoms with Crippen molar-refractivity contribution in [1.82, 2.24) is 9.13 Å². The van der Waals surface area contributed by atoms with E-state index in [0.29, 0.717) is 0 Å². The molecule has 12 rings (SSSR count). The first-order valence-electron chi connectivity index (χ1n) is 20.1. The summed E-state index contributed by atoms with van der Waals surface area (Å²) in [6.45, 7) is 0. The van der Waals surface area contributed by atoms with Crippen molar-refractivity contribution in [3.63, 3.8) is 0 Å². The van der Waals surface area contributed by atoms with E-state index in [1.165, 1.54) is 77.0 Å². The van der Waals surface area contributed by atoms with Crippen LogP contribution in [0.1, 0.15) is 11.1 Å². The topological polar surface area (TPSA) is 13.1 Å². The van der Waals surface area contributed by atoms with Crippen LogP contribution in [0.25, 0.3) is 77.2 Å². The summed E-state index contributed by atoms with van der Waals surface area (Å²) >= 11 is 0. The lowest BCUT2D eigenvalue weighted by atomic mass is 9.99. The van der Waals surface area contributed by atoms with Crippen molar-refractivity contribution >= 4 is 60.7 Å². The van der Waals surface area contributed by atoms with E-state index in [0.717, 1.165) is 34.9 Å². The Morgan fingerprint density at radius 2 is 0.828 bits per heavy atom. The number of anilines is 3. The second kappa shape index (κ2) is 13.0. The molecule has 0 amide bonds. The van der Waals surface area contributed by atoms with Crippen molar-refractivity contribution in [2.75, 3.05) is 4.90 Å². The van der Waals surface area contributed by atoms with Gasteiger partial charge >= 0.3 is 0 Å². The summed E-state index contributed by atoms with van der Waals surface area (Å²) in [6.07, 6.45) is 0.959. The van der Waals surface area contributed by atoms with Crippen LogP contribution in [0.2, 0.25) is 0 Å². The van der Waals surface area contributed by atoms with E-state index in [9.17, 15) is 0 Å². The van der Waals surface area contributed by atoms with Gasteiger partial charge in [-0.25, -0.2) is 0 Å². The molecular weight excluding hydrogens is 703 g/mol. The Morgan fingerprint density at radius 3 is 1.53 bits per heavy atom. The summed E-state index contributed by atoms with van der Waals surface area (Å²) in [7, 11) is 0. The summed E-state index contributed by atoms with van der Waals surface area (Å²) < 4.78 is 4.82. The molecule has 3 heteroatoms. The minimum absolute atomic E-state index is 0.959. The van der Waals surface area contributed by atoms with E-state index in [2.05, 4.69) is 226 Å². The quantitative estimate of drug-likeness (QED) is 0.165. The largest absolute Gasteiger partial charge is 0.310 e. The molecule has 3 nitrogen and oxygen atoms in total. The van der Waals surface area contributed by atoms with Crippen molar-refractivity contribution in [2.24, 2.45) is 0 Å². The van der Waals surface area contributed by atoms with Crippen LogP contribution in [0.4, 0.5) is 17.1 Å². The maximum absolute atomic E-state index is 2.47. The van der Waals surface area contributed by atoms with Crippen LogP contribution in [-0.2, 0) is 6.42 Å². The highest BCUT2D eigenvalue weighted by molar-refractivity contribution is 6.12. The molecule has 0 radical (unpaired) electrons. The van der Waals surface area contributed by atoms with Crippen LogP contribution in [0.15, 0.2) is 212 Å². The molecule has 9 aromatic carbocycles. The fraction of sp³-hybridized carbons (Fsp3) is 0.0182. The second-order valence-electron chi connectivity index (χ2n) is 15.3. The Balaban J connectivity index is 1.11. The molecule has 0 atom stereocenters. The first-order chi connectivity index (χ1) is 28.8. The Kier molecular flexibility index (Phi) is 7.29.